The quantitative estimate of drug-likeness (QED) is 0.693. The smallest absolute Gasteiger partial charge is 0.426 e. The largest absolute Gasteiger partial charge is 0.484 e. The van der Waals surface area contributed by atoms with Gasteiger partial charge in [0.15, 0.2) is 6.61 Å². The van der Waals surface area contributed by atoms with Crippen molar-refractivity contribution in [1.29, 1.82) is 0 Å². The number of fused-ring (bicyclic) bond motifs is 1. The Hall–Kier alpha value is -3.54. The van der Waals surface area contributed by atoms with Gasteiger partial charge in [-0.15, -0.1) is 0 Å². The molecule has 3 rings (SSSR count). The van der Waals surface area contributed by atoms with Gasteiger partial charge in [-0.25, -0.2) is 10.2 Å². The minimum atomic E-state index is -0.743. The molecule has 0 fully saturated rings. The van der Waals surface area contributed by atoms with Crippen LogP contribution in [0.3, 0.4) is 0 Å². The van der Waals surface area contributed by atoms with E-state index in [1.165, 1.54) is 0 Å². The third-order valence-corrected chi connectivity index (χ3v) is 3.61. The predicted molar refractivity (Wildman–Crippen MR) is 97.3 cm³/mol. The normalized spacial score (nSPS) is 10.2. The lowest BCUT2D eigenvalue weighted by atomic mass is 10.1. The van der Waals surface area contributed by atoms with Gasteiger partial charge in [0.25, 0.3) is 5.91 Å². The second-order valence-electron chi connectivity index (χ2n) is 5.53. The van der Waals surface area contributed by atoms with Crippen LogP contribution in [0.25, 0.3) is 10.8 Å². The van der Waals surface area contributed by atoms with Crippen LogP contribution in [0.4, 0.5) is 4.79 Å². The summed E-state index contributed by atoms with van der Waals surface area (Å²) < 4.78 is 10.4. The van der Waals surface area contributed by atoms with E-state index >= 15 is 0 Å². The first-order valence-electron chi connectivity index (χ1n) is 8.08. The van der Waals surface area contributed by atoms with Crippen molar-refractivity contribution in [3.63, 3.8) is 0 Å². The first-order chi connectivity index (χ1) is 12.7. The number of nitrogens with one attached hydrogen (secondary N) is 2. The van der Waals surface area contributed by atoms with Crippen LogP contribution in [0.5, 0.6) is 5.75 Å². The van der Waals surface area contributed by atoms with Crippen LogP contribution in [0, 0.1) is 0 Å². The van der Waals surface area contributed by atoms with Crippen molar-refractivity contribution in [3.8, 4) is 5.75 Å². The van der Waals surface area contributed by atoms with Gasteiger partial charge in [-0.05, 0) is 28.5 Å². The van der Waals surface area contributed by atoms with Crippen molar-refractivity contribution in [1.82, 2.24) is 10.9 Å². The van der Waals surface area contributed by atoms with Crippen molar-refractivity contribution in [2.75, 3.05) is 6.61 Å². The highest BCUT2D eigenvalue weighted by molar-refractivity contribution is 5.84. The van der Waals surface area contributed by atoms with E-state index in [1.54, 1.807) is 6.07 Å². The first-order valence-corrected chi connectivity index (χ1v) is 8.08. The van der Waals surface area contributed by atoms with E-state index in [1.807, 2.05) is 66.7 Å². The Kier molecular flexibility index (Phi) is 5.67. The van der Waals surface area contributed by atoms with Gasteiger partial charge >= 0.3 is 6.09 Å². The molecule has 0 aliphatic carbocycles. The van der Waals surface area contributed by atoms with Crippen molar-refractivity contribution in [2.24, 2.45) is 0 Å². The minimum absolute atomic E-state index is 0.121. The van der Waals surface area contributed by atoms with Gasteiger partial charge in [0, 0.05) is 0 Å². The summed E-state index contributed by atoms with van der Waals surface area (Å²) in [5.41, 5.74) is 5.27. The summed E-state index contributed by atoms with van der Waals surface area (Å²) in [6, 6.07) is 22.7. The van der Waals surface area contributed by atoms with Crippen LogP contribution < -0.4 is 15.6 Å². The minimum Gasteiger partial charge on any atom is -0.484 e. The number of hydrazine groups is 1. The molecule has 0 atom stereocenters. The van der Waals surface area contributed by atoms with Crippen molar-refractivity contribution in [3.05, 3.63) is 78.4 Å². The highest BCUT2D eigenvalue weighted by Gasteiger charge is 2.07. The molecule has 0 aliphatic rings. The Bertz CT molecular complexity index is 896. The molecule has 0 saturated carbocycles. The molecule has 0 aliphatic heterocycles. The van der Waals surface area contributed by atoms with Gasteiger partial charge in [0.05, 0.1) is 0 Å². The van der Waals surface area contributed by atoms with E-state index in [0.29, 0.717) is 5.75 Å². The second kappa shape index (κ2) is 8.53. The standard InChI is InChI=1S/C20H18N2O4/c23-19(21-22-20(24)26-13-15-6-2-1-3-7-15)14-25-18-11-10-16-8-4-5-9-17(16)12-18/h1-12H,13-14H2,(H,21,23)(H,22,24). The Morgan fingerprint density at radius 2 is 1.54 bits per heavy atom. The van der Waals surface area contributed by atoms with Gasteiger partial charge < -0.3 is 9.47 Å². The van der Waals surface area contributed by atoms with Crippen molar-refractivity contribution < 1.29 is 19.1 Å². The summed E-state index contributed by atoms with van der Waals surface area (Å²) in [4.78, 5) is 23.3. The third kappa shape index (κ3) is 4.98. The van der Waals surface area contributed by atoms with E-state index in [-0.39, 0.29) is 13.2 Å². The molecule has 26 heavy (non-hydrogen) atoms. The summed E-state index contributed by atoms with van der Waals surface area (Å²) in [5.74, 6) is 0.0836. The highest BCUT2D eigenvalue weighted by atomic mass is 16.6. The monoisotopic (exact) mass is 350 g/mol. The van der Waals surface area contributed by atoms with Crippen molar-refractivity contribution in [2.45, 2.75) is 6.61 Å². The van der Waals surface area contributed by atoms with Gasteiger partial charge in [0.1, 0.15) is 12.4 Å². The average molecular weight is 350 g/mol. The van der Waals surface area contributed by atoms with Gasteiger partial charge in [-0.3, -0.25) is 10.2 Å². The predicted octanol–water partition coefficient (Wildman–Crippen LogP) is 3.18. The van der Waals surface area contributed by atoms with Gasteiger partial charge in [-0.1, -0.05) is 60.7 Å². The molecule has 0 saturated heterocycles. The Morgan fingerprint density at radius 3 is 2.35 bits per heavy atom. The summed E-state index contributed by atoms with van der Waals surface area (Å²) >= 11 is 0. The molecule has 132 valence electrons. The molecule has 0 unspecified atom stereocenters. The zero-order chi connectivity index (χ0) is 18.2. The molecule has 0 bridgehead atoms. The van der Waals surface area contributed by atoms with Crippen LogP contribution in [0.15, 0.2) is 72.8 Å². The van der Waals surface area contributed by atoms with E-state index in [2.05, 4.69) is 10.9 Å². The number of ether oxygens (including phenoxy) is 2. The van der Waals surface area contributed by atoms with E-state index < -0.39 is 12.0 Å². The molecular weight excluding hydrogens is 332 g/mol. The Balaban J connectivity index is 1.40. The fraction of sp³-hybridized carbons (Fsp3) is 0.100. The SMILES string of the molecule is O=C(COc1ccc2ccccc2c1)NNC(=O)OCc1ccccc1. The number of amides is 2. The topological polar surface area (TPSA) is 76.7 Å². The Labute approximate surface area is 150 Å². The number of carbonyl (C=O) groups excluding carboxylic acids is 2. The lowest BCUT2D eigenvalue weighted by Crippen LogP contribution is -2.44. The zero-order valence-electron chi connectivity index (χ0n) is 14.0. The molecular formula is C20H18N2O4. The fourth-order valence-corrected chi connectivity index (χ4v) is 2.32. The number of hydrogen-bond acceptors (Lipinski definition) is 4. The van der Waals surface area contributed by atoms with Crippen LogP contribution in [-0.4, -0.2) is 18.6 Å². The molecule has 0 spiro atoms. The number of benzene rings is 3. The first kappa shape index (κ1) is 17.3. The summed E-state index contributed by atoms with van der Waals surface area (Å²) in [6.07, 6.45) is -0.743. The zero-order valence-corrected chi connectivity index (χ0v) is 14.0. The van der Waals surface area contributed by atoms with Crippen LogP contribution in [0.1, 0.15) is 5.56 Å². The number of rotatable bonds is 5. The molecule has 3 aromatic carbocycles. The molecule has 6 heteroatoms. The number of carbonyl (C=O) groups is 2. The fourth-order valence-electron chi connectivity index (χ4n) is 2.32. The highest BCUT2D eigenvalue weighted by Crippen LogP contribution is 2.20. The lowest BCUT2D eigenvalue weighted by Gasteiger charge is -2.10. The van der Waals surface area contributed by atoms with Crippen LogP contribution >= 0.6 is 0 Å². The summed E-state index contributed by atoms with van der Waals surface area (Å²) in [6.45, 7) is -0.104. The second-order valence-corrected chi connectivity index (χ2v) is 5.53. The third-order valence-electron chi connectivity index (χ3n) is 3.61. The lowest BCUT2D eigenvalue weighted by molar-refractivity contribution is -0.124. The Morgan fingerprint density at radius 1 is 0.808 bits per heavy atom. The van der Waals surface area contributed by atoms with Crippen LogP contribution in [0.2, 0.25) is 0 Å². The van der Waals surface area contributed by atoms with E-state index in [4.69, 9.17) is 9.47 Å². The summed E-state index contributed by atoms with van der Waals surface area (Å²) in [7, 11) is 0. The molecule has 0 aromatic heterocycles. The van der Waals surface area contributed by atoms with Gasteiger partial charge in [-0.2, -0.15) is 0 Å². The average Bonchev–Trinajstić information content (AvgIpc) is 2.69. The molecule has 0 radical (unpaired) electrons. The molecule has 2 N–H and O–H groups in total. The van der Waals surface area contributed by atoms with Crippen LogP contribution in [-0.2, 0) is 16.1 Å². The molecule has 6 nitrogen and oxygen atoms in total. The summed E-state index contributed by atoms with van der Waals surface area (Å²) in [5, 5.41) is 2.11. The van der Waals surface area contributed by atoms with E-state index in [9.17, 15) is 9.59 Å². The molecule has 0 heterocycles. The van der Waals surface area contributed by atoms with E-state index in [0.717, 1.165) is 16.3 Å². The maximum absolute atomic E-state index is 11.8. The maximum atomic E-state index is 11.8. The molecule has 3 aromatic rings. The van der Waals surface area contributed by atoms with Gasteiger partial charge in [0.2, 0.25) is 0 Å². The van der Waals surface area contributed by atoms with Crippen molar-refractivity contribution >= 4 is 22.8 Å². The maximum Gasteiger partial charge on any atom is 0.426 e. The molecule has 2 amide bonds. The number of hydrogen-bond donors (Lipinski definition) is 2.